The second kappa shape index (κ2) is 8.53. The van der Waals surface area contributed by atoms with Gasteiger partial charge in [-0.1, -0.05) is 41.9 Å². The lowest BCUT2D eigenvalue weighted by molar-refractivity contribution is 0.0416. The molecule has 172 valence electrons. The second-order valence-corrected chi connectivity index (χ2v) is 9.53. The number of carbonyl (C=O) groups is 1. The van der Waals surface area contributed by atoms with Crippen molar-refractivity contribution in [3.63, 3.8) is 0 Å². The van der Waals surface area contributed by atoms with Gasteiger partial charge in [0.1, 0.15) is 11.5 Å². The highest BCUT2D eigenvalue weighted by Gasteiger charge is 2.42. The van der Waals surface area contributed by atoms with E-state index in [1.165, 1.54) is 6.07 Å². The summed E-state index contributed by atoms with van der Waals surface area (Å²) in [6.45, 7) is 1.95. The summed E-state index contributed by atoms with van der Waals surface area (Å²) < 4.78 is 16.4. The predicted molar refractivity (Wildman–Crippen MR) is 130 cm³/mol. The third-order valence-electron chi connectivity index (χ3n) is 7.10. The molecule has 1 amide bonds. The van der Waals surface area contributed by atoms with Crippen LogP contribution in [0.5, 0.6) is 0 Å². The summed E-state index contributed by atoms with van der Waals surface area (Å²) in [6.07, 6.45) is 4.11. The number of piperazine rings is 1. The van der Waals surface area contributed by atoms with Gasteiger partial charge in [0, 0.05) is 48.5 Å². The molecule has 4 heterocycles. The van der Waals surface area contributed by atoms with Crippen LogP contribution < -0.4 is 0 Å². The molecule has 0 aliphatic carbocycles. The smallest absolute Gasteiger partial charge is 0.256 e. The molecule has 0 N–H and O–H groups in total. The van der Waals surface area contributed by atoms with Crippen LogP contribution in [0.3, 0.4) is 0 Å². The van der Waals surface area contributed by atoms with Gasteiger partial charge in [-0.05, 0) is 49.2 Å². The molecule has 0 saturated carbocycles. The number of halogens is 2. The van der Waals surface area contributed by atoms with Gasteiger partial charge in [-0.15, -0.1) is 0 Å². The quantitative estimate of drug-likeness (QED) is 0.404. The van der Waals surface area contributed by atoms with Crippen LogP contribution in [-0.2, 0) is 6.54 Å². The molecule has 2 atom stereocenters. The molecule has 2 unspecified atom stereocenters. The molecule has 7 heteroatoms. The van der Waals surface area contributed by atoms with E-state index >= 15 is 0 Å². The Labute approximate surface area is 202 Å². The van der Waals surface area contributed by atoms with Crippen LogP contribution in [0.15, 0.2) is 72.9 Å². The van der Waals surface area contributed by atoms with Crippen molar-refractivity contribution in [3.8, 4) is 11.3 Å². The fourth-order valence-corrected chi connectivity index (χ4v) is 5.55. The second-order valence-electron chi connectivity index (χ2n) is 9.09. The van der Waals surface area contributed by atoms with Crippen molar-refractivity contribution in [2.24, 2.45) is 0 Å². The first-order valence-electron chi connectivity index (χ1n) is 11.6. The van der Waals surface area contributed by atoms with Crippen LogP contribution in [0.4, 0.5) is 4.39 Å². The molecule has 2 bridgehead atoms. The highest BCUT2D eigenvalue weighted by atomic mass is 35.5. The molecule has 4 aromatic rings. The van der Waals surface area contributed by atoms with E-state index in [-0.39, 0.29) is 23.6 Å². The average molecular weight is 475 g/mol. The average Bonchev–Trinajstić information content (AvgIpc) is 3.32. The highest BCUT2D eigenvalue weighted by molar-refractivity contribution is 6.30. The van der Waals surface area contributed by atoms with Gasteiger partial charge in [-0.25, -0.2) is 9.37 Å². The molecule has 0 radical (unpaired) electrons. The lowest BCUT2D eigenvalue weighted by Gasteiger charge is -2.41. The van der Waals surface area contributed by atoms with Gasteiger partial charge in [0.15, 0.2) is 0 Å². The standard InChI is InChI=1S/C27H24ClFN4O/c28-19-10-8-18(9-11-19)26-24(32-14-4-3-7-25(32)30-26)17-33-20-12-13-21(33)16-31(15-20)27(34)22-5-1-2-6-23(22)29/h1-11,14,20-21H,12-13,15-17H2. The van der Waals surface area contributed by atoms with Gasteiger partial charge >= 0.3 is 0 Å². The van der Waals surface area contributed by atoms with E-state index in [4.69, 9.17) is 16.6 Å². The topological polar surface area (TPSA) is 40.9 Å². The van der Waals surface area contributed by atoms with Crippen LogP contribution in [0.2, 0.25) is 5.02 Å². The maximum absolute atomic E-state index is 14.2. The van der Waals surface area contributed by atoms with Crippen LogP contribution in [0, 0.1) is 5.82 Å². The Kier molecular flexibility index (Phi) is 5.35. The Morgan fingerprint density at radius 3 is 2.41 bits per heavy atom. The van der Waals surface area contributed by atoms with Crippen molar-refractivity contribution in [2.75, 3.05) is 13.1 Å². The molecule has 2 aromatic carbocycles. The number of hydrogen-bond acceptors (Lipinski definition) is 3. The molecule has 2 aliphatic heterocycles. The Balaban J connectivity index is 1.30. The zero-order valence-corrected chi connectivity index (χ0v) is 19.3. The lowest BCUT2D eigenvalue weighted by atomic mass is 10.1. The first kappa shape index (κ1) is 21.3. The van der Waals surface area contributed by atoms with Crippen LogP contribution in [0.25, 0.3) is 16.9 Å². The number of rotatable bonds is 4. The Morgan fingerprint density at radius 2 is 1.68 bits per heavy atom. The number of benzene rings is 2. The van der Waals surface area contributed by atoms with Gasteiger partial charge < -0.3 is 9.30 Å². The normalized spacial score (nSPS) is 20.2. The molecule has 0 spiro atoms. The highest BCUT2D eigenvalue weighted by Crippen LogP contribution is 2.35. The SMILES string of the molecule is O=C(c1ccccc1F)N1CC2CCC(C1)N2Cc1c(-c2ccc(Cl)cc2)nc2ccccn12. The van der Waals surface area contributed by atoms with E-state index in [1.54, 1.807) is 18.2 Å². The number of fused-ring (bicyclic) bond motifs is 3. The van der Waals surface area contributed by atoms with E-state index < -0.39 is 5.82 Å². The maximum Gasteiger partial charge on any atom is 0.256 e. The minimum absolute atomic E-state index is 0.155. The number of imidazole rings is 1. The number of aromatic nitrogens is 2. The molecule has 6 rings (SSSR count). The molecular formula is C27H24ClFN4O. The minimum Gasteiger partial charge on any atom is -0.335 e. The molecule has 2 saturated heterocycles. The number of amides is 1. The molecule has 5 nitrogen and oxygen atoms in total. The fourth-order valence-electron chi connectivity index (χ4n) is 5.43. The zero-order valence-electron chi connectivity index (χ0n) is 18.6. The summed E-state index contributed by atoms with van der Waals surface area (Å²) in [7, 11) is 0. The fraction of sp³-hybridized carbons (Fsp3) is 0.259. The van der Waals surface area contributed by atoms with Gasteiger partial charge in [0.05, 0.1) is 17.0 Å². The number of pyridine rings is 1. The third kappa shape index (κ3) is 3.67. The van der Waals surface area contributed by atoms with Gasteiger partial charge in [-0.2, -0.15) is 0 Å². The largest absolute Gasteiger partial charge is 0.335 e. The summed E-state index contributed by atoms with van der Waals surface area (Å²) >= 11 is 6.12. The predicted octanol–water partition coefficient (Wildman–Crippen LogP) is 5.28. The zero-order chi connectivity index (χ0) is 23.2. The van der Waals surface area contributed by atoms with Crippen LogP contribution >= 0.6 is 11.6 Å². The van der Waals surface area contributed by atoms with Crippen molar-refractivity contribution >= 4 is 23.2 Å². The first-order valence-corrected chi connectivity index (χ1v) is 12.0. The summed E-state index contributed by atoms with van der Waals surface area (Å²) in [5.41, 5.74) is 4.17. The van der Waals surface area contributed by atoms with Crippen LogP contribution in [-0.4, -0.2) is 50.3 Å². The van der Waals surface area contributed by atoms with Crippen molar-refractivity contribution in [2.45, 2.75) is 31.5 Å². The van der Waals surface area contributed by atoms with E-state index in [9.17, 15) is 9.18 Å². The van der Waals surface area contributed by atoms with E-state index in [0.717, 1.165) is 42.0 Å². The molecule has 2 fully saturated rings. The maximum atomic E-state index is 14.2. The number of carbonyl (C=O) groups excluding carboxylic acids is 1. The van der Waals surface area contributed by atoms with E-state index in [2.05, 4.69) is 15.5 Å². The van der Waals surface area contributed by atoms with Gasteiger partial charge in [-0.3, -0.25) is 9.69 Å². The summed E-state index contributed by atoms with van der Waals surface area (Å²) in [5, 5.41) is 0.697. The number of nitrogens with zero attached hydrogens (tertiary/aromatic N) is 4. The molecule has 2 aliphatic rings. The third-order valence-corrected chi connectivity index (χ3v) is 7.36. The number of likely N-dealkylation sites (tertiary alicyclic amines) is 1. The first-order chi connectivity index (χ1) is 16.6. The van der Waals surface area contributed by atoms with E-state index in [1.807, 2.05) is 47.4 Å². The van der Waals surface area contributed by atoms with Gasteiger partial charge in [0.25, 0.3) is 5.91 Å². The molecular weight excluding hydrogens is 451 g/mol. The molecule has 34 heavy (non-hydrogen) atoms. The van der Waals surface area contributed by atoms with Crippen molar-refractivity contribution in [1.29, 1.82) is 0 Å². The van der Waals surface area contributed by atoms with Crippen molar-refractivity contribution in [3.05, 3.63) is 95.0 Å². The Morgan fingerprint density at radius 1 is 0.971 bits per heavy atom. The van der Waals surface area contributed by atoms with Crippen molar-refractivity contribution in [1.82, 2.24) is 19.2 Å². The number of hydrogen-bond donors (Lipinski definition) is 0. The lowest BCUT2D eigenvalue weighted by Crippen LogP contribution is -2.55. The monoisotopic (exact) mass is 474 g/mol. The minimum atomic E-state index is -0.458. The summed E-state index contributed by atoms with van der Waals surface area (Å²) in [4.78, 5) is 22.3. The molecule has 2 aromatic heterocycles. The van der Waals surface area contributed by atoms with Crippen molar-refractivity contribution < 1.29 is 9.18 Å². The van der Waals surface area contributed by atoms with E-state index in [0.29, 0.717) is 18.1 Å². The summed E-state index contributed by atoms with van der Waals surface area (Å²) in [6, 6.07) is 20.5. The van der Waals surface area contributed by atoms with Crippen LogP contribution in [0.1, 0.15) is 28.9 Å². The van der Waals surface area contributed by atoms with Gasteiger partial charge in [0.2, 0.25) is 0 Å². The Bertz CT molecular complexity index is 1350. The summed E-state index contributed by atoms with van der Waals surface area (Å²) in [5.74, 6) is -0.674. The Hall–Kier alpha value is -3.22.